The highest BCUT2D eigenvalue weighted by Gasteiger charge is 2.53. The van der Waals surface area contributed by atoms with Crippen LogP contribution in [0.4, 0.5) is 0 Å². The molecule has 4 heterocycles. The maximum Gasteiger partial charge on any atom is 0.309 e. The molecule has 1 unspecified atom stereocenters. The Morgan fingerprint density at radius 1 is 0.982 bits per heavy atom. The summed E-state index contributed by atoms with van der Waals surface area (Å²) in [5, 5.41) is 34.5. The molecule has 0 aromatic rings. The van der Waals surface area contributed by atoms with E-state index in [0.717, 1.165) is 0 Å². The molecule has 0 aromatic carbocycles. The first-order valence-corrected chi connectivity index (χ1v) is 20.0. The number of fused-ring (bicyclic) bond motifs is 1. The first kappa shape index (κ1) is 47.1. The Morgan fingerprint density at radius 3 is 2.28 bits per heavy atom. The van der Waals surface area contributed by atoms with Gasteiger partial charge in [0.25, 0.3) is 0 Å². The third-order valence-corrected chi connectivity index (χ3v) is 11.3. The van der Waals surface area contributed by atoms with Crippen molar-refractivity contribution in [2.24, 2.45) is 11.8 Å². The molecule has 57 heavy (non-hydrogen) atoms. The second kappa shape index (κ2) is 20.6. The van der Waals surface area contributed by atoms with Crippen LogP contribution in [0.15, 0.2) is 12.2 Å². The van der Waals surface area contributed by atoms with Crippen LogP contribution < -0.4 is 0 Å². The number of aliphatic hydroxyl groups is 3. The van der Waals surface area contributed by atoms with Crippen LogP contribution in [0.2, 0.25) is 0 Å². The van der Waals surface area contributed by atoms with E-state index in [0.29, 0.717) is 12.7 Å². The third kappa shape index (κ3) is 12.5. The van der Waals surface area contributed by atoms with Crippen molar-refractivity contribution in [3.8, 4) is 0 Å². The lowest BCUT2D eigenvalue weighted by Crippen LogP contribution is -2.66. The lowest BCUT2D eigenvalue weighted by Gasteiger charge is -2.50. The van der Waals surface area contributed by atoms with Gasteiger partial charge in [0.05, 0.1) is 43.0 Å². The number of esters is 3. The Balaban J connectivity index is 1.68. The molecule has 3 fully saturated rings. The molecular weight excluding hydrogens is 750 g/mol. The number of aliphatic hydroxyl groups excluding tert-OH is 2. The number of likely N-dealkylation sites (N-methyl/N-ethyl adjacent to an activating group) is 1. The molecule has 0 spiro atoms. The fourth-order valence-electron chi connectivity index (χ4n) is 8.31. The molecule has 326 valence electrons. The van der Waals surface area contributed by atoms with Gasteiger partial charge in [0.2, 0.25) is 0 Å². The van der Waals surface area contributed by atoms with Gasteiger partial charge in [-0.05, 0) is 60.0 Å². The number of methoxy groups -OCH3 is 1. The highest BCUT2D eigenvalue weighted by Crippen LogP contribution is 2.38. The number of carbonyl (C=O) groups excluding carboxylic acids is 4. The summed E-state index contributed by atoms with van der Waals surface area (Å²) < 4.78 is 54.1. The Hall–Kier alpha value is -2.58. The molecule has 0 amide bonds. The summed E-state index contributed by atoms with van der Waals surface area (Å²) in [4.78, 5) is 52.0. The zero-order chi connectivity index (χ0) is 42.4. The van der Waals surface area contributed by atoms with Gasteiger partial charge < -0.3 is 67.6 Å². The van der Waals surface area contributed by atoms with Crippen LogP contribution >= 0.6 is 0 Å². The third-order valence-electron chi connectivity index (χ3n) is 11.3. The van der Waals surface area contributed by atoms with E-state index in [1.54, 1.807) is 58.8 Å². The minimum Gasteiger partial charge on any atom is -0.462 e. The van der Waals surface area contributed by atoms with Crippen molar-refractivity contribution < 1.29 is 77.1 Å². The maximum atomic E-state index is 13.4. The molecule has 18 atom stereocenters. The Kier molecular flexibility index (Phi) is 17.0. The van der Waals surface area contributed by atoms with Gasteiger partial charge in [0, 0.05) is 39.7 Å². The van der Waals surface area contributed by atoms with Gasteiger partial charge in [0.1, 0.15) is 48.5 Å². The van der Waals surface area contributed by atoms with Crippen molar-refractivity contribution in [2.45, 2.75) is 184 Å². The van der Waals surface area contributed by atoms with Crippen molar-refractivity contribution >= 4 is 24.2 Å². The molecule has 0 radical (unpaired) electrons. The number of hydrogen-bond donors (Lipinski definition) is 3. The summed E-state index contributed by atoms with van der Waals surface area (Å²) in [5.74, 6) is -2.95. The SMILES string of the molecule is CCC(=O)O[C@@H]1CC(=O)O[C@H](C)C[C@@H]2O[C@H]2/C=C/[C@H](O)[C@H](C)C[C@H](CC=O)C(O[C@@H]2O[C@H](C)[C@@H](O[C@H]3C[C@@](C)(O)[C@@H](OC(C)=O)[C@H](C)O3)[C@H](N(C)C)[C@H]2O)[C@H]1OC. The summed E-state index contributed by atoms with van der Waals surface area (Å²) in [5.41, 5.74) is -1.49. The quantitative estimate of drug-likeness (QED) is 0.0887. The standard InChI is InChI=1S/C40H65NO16/c1-11-30(45)55-29-18-31(46)50-21(3)17-28-27(54-28)13-12-26(44)20(2)16-25(14-15-42)36(37(29)49-10)57-39-34(47)33(41(8)9)35(22(4)52-39)56-32-19-40(7,48)38(23(5)51-32)53-24(6)43/h12-13,15,20-23,25-29,32-39,44,47-48H,11,14,16-19H2,1-10H3/b13-12+/t20-,21-,22-,23+,25+,26+,27+,28+,29-,32+,33-,34-,35-,36?,37+,38+,39+,40-/m1/s1. The fraction of sp³-hybridized carbons (Fsp3) is 0.850. The highest BCUT2D eigenvalue weighted by atomic mass is 16.7. The topological polar surface area (TPSA) is 219 Å². The number of hydrogen-bond acceptors (Lipinski definition) is 17. The second-order valence-corrected chi connectivity index (χ2v) is 16.4. The van der Waals surface area contributed by atoms with Gasteiger partial charge in [0.15, 0.2) is 18.7 Å². The van der Waals surface area contributed by atoms with Crippen LogP contribution in [0, 0.1) is 11.8 Å². The number of cyclic esters (lactones) is 1. The number of carbonyl (C=O) groups is 4. The van der Waals surface area contributed by atoms with E-state index in [2.05, 4.69) is 0 Å². The molecule has 17 heteroatoms. The Morgan fingerprint density at radius 2 is 1.68 bits per heavy atom. The number of ether oxygens (including phenoxy) is 9. The van der Waals surface area contributed by atoms with Gasteiger partial charge in [-0.15, -0.1) is 0 Å². The van der Waals surface area contributed by atoms with Crippen molar-refractivity contribution in [1.82, 2.24) is 4.90 Å². The summed E-state index contributed by atoms with van der Waals surface area (Å²) in [6.45, 7) is 11.3. The number of rotatable bonds is 11. The molecule has 3 saturated heterocycles. The van der Waals surface area contributed by atoms with E-state index in [4.69, 9.17) is 42.6 Å². The van der Waals surface area contributed by atoms with E-state index < -0.39 is 121 Å². The van der Waals surface area contributed by atoms with Gasteiger partial charge in [-0.2, -0.15) is 0 Å². The largest absolute Gasteiger partial charge is 0.462 e. The average molecular weight is 816 g/mol. The van der Waals surface area contributed by atoms with Crippen LogP contribution in [0.1, 0.15) is 87.0 Å². The number of epoxide rings is 1. The molecule has 0 saturated carbocycles. The van der Waals surface area contributed by atoms with E-state index >= 15 is 0 Å². The first-order valence-electron chi connectivity index (χ1n) is 20.0. The lowest BCUT2D eigenvalue weighted by atomic mass is 9.82. The van der Waals surface area contributed by atoms with Crippen LogP contribution in [0.5, 0.6) is 0 Å². The van der Waals surface area contributed by atoms with Gasteiger partial charge >= 0.3 is 17.9 Å². The van der Waals surface area contributed by atoms with E-state index in [9.17, 15) is 34.5 Å². The van der Waals surface area contributed by atoms with Gasteiger partial charge in [-0.3, -0.25) is 14.4 Å². The van der Waals surface area contributed by atoms with E-state index in [-0.39, 0.29) is 37.9 Å². The van der Waals surface area contributed by atoms with Crippen molar-refractivity contribution in [3.63, 3.8) is 0 Å². The zero-order valence-corrected chi connectivity index (χ0v) is 34.9. The molecule has 4 rings (SSSR count). The maximum absolute atomic E-state index is 13.4. The van der Waals surface area contributed by atoms with Crippen molar-refractivity contribution in [1.29, 1.82) is 0 Å². The zero-order valence-electron chi connectivity index (χ0n) is 34.9. The van der Waals surface area contributed by atoms with Crippen LogP contribution in [0.25, 0.3) is 0 Å². The predicted molar refractivity (Wildman–Crippen MR) is 200 cm³/mol. The lowest BCUT2D eigenvalue weighted by molar-refractivity contribution is -0.344. The molecule has 0 aromatic heterocycles. The molecule has 4 aliphatic rings. The summed E-state index contributed by atoms with van der Waals surface area (Å²) in [6.07, 6.45) is -8.23. The summed E-state index contributed by atoms with van der Waals surface area (Å²) in [6, 6.07) is -0.782. The normalized spacial score (nSPS) is 44.0. The van der Waals surface area contributed by atoms with Crippen molar-refractivity contribution in [3.05, 3.63) is 12.2 Å². The molecule has 4 aliphatic heterocycles. The first-order chi connectivity index (χ1) is 26.8. The van der Waals surface area contributed by atoms with Crippen molar-refractivity contribution in [2.75, 3.05) is 21.2 Å². The van der Waals surface area contributed by atoms with E-state index in [1.165, 1.54) is 21.0 Å². The molecule has 0 aliphatic carbocycles. The molecule has 3 N–H and O–H groups in total. The Labute approximate surface area is 335 Å². The number of nitrogens with zero attached hydrogens (tertiary/aromatic N) is 1. The van der Waals surface area contributed by atoms with Crippen LogP contribution in [-0.2, 0) is 61.8 Å². The smallest absolute Gasteiger partial charge is 0.309 e. The predicted octanol–water partition coefficient (Wildman–Crippen LogP) is 1.59. The summed E-state index contributed by atoms with van der Waals surface area (Å²) >= 11 is 0. The average Bonchev–Trinajstić information content (AvgIpc) is 3.86. The van der Waals surface area contributed by atoms with Crippen LogP contribution in [0.3, 0.4) is 0 Å². The second-order valence-electron chi connectivity index (χ2n) is 16.4. The minimum atomic E-state index is -1.49. The minimum absolute atomic E-state index is 0.00512. The Bertz CT molecular complexity index is 1380. The van der Waals surface area contributed by atoms with Gasteiger partial charge in [-0.25, -0.2) is 0 Å². The van der Waals surface area contributed by atoms with E-state index in [1.807, 2.05) is 6.92 Å². The fourth-order valence-corrected chi connectivity index (χ4v) is 8.31. The molecular formula is C40H65NO16. The van der Waals surface area contributed by atoms with Gasteiger partial charge in [-0.1, -0.05) is 26.0 Å². The highest BCUT2D eigenvalue weighted by molar-refractivity contribution is 5.72. The molecule has 0 bridgehead atoms. The molecule has 17 nitrogen and oxygen atoms in total. The van der Waals surface area contributed by atoms with Crippen LogP contribution in [-0.4, -0.2) is 163 Å². The summed E-state index contributed by atoms with van der Waals surface area (Å²) in [7, 11) is 4.85. The number of aldehydes is 1. The monoisotopic (exact) mass is 815 g/mol.